The van der Waals surface area contributed by atoms with E-state index in [-0.39, 0.29) is 17.3 Å². The number of carbonyl (C=O) groups excluding carboxylic acids is 1. The van der Waals surface area contributed by atoms with Gasteiger partial charge in [-0.3, -0.25) is 14.5 Å². The summed E-state index contributed by atoms with van der Waals surface area (Å²) in [5.41, 5.74) is 2.50. The van der Waals surface area contributed by atoms with Gasteiger partial charge in [-0.25, -0.2) is 13.4 Å². The van der Waals surface area contributed by atoms with E-state index in [1.165, 1.54) is 23.6 Å². The topological polar surface area (TPSA) is 95.5 Å². The number of thiazole rings is 1. The lowest BCUT2D eigenvalue weighted by Crippen LogP contribution is -2.38. The normalized spacial score (nSPS) is 13.2. The number of rotatable bonds is 6. The Bertz CT molecular complexity index is 1120. The van der Waals surface area contributed by atoms with Gasteiger partial charge in [0, 0.05) is 48.9 Å². The number of anilines is 3. The molecule has 1 aromatic carbocycles. The van der Waals surface area contributed by atoms with Gasteiger partial charge in [-0.1, -0.05) is 0 Å². The lowest BCUT2D eigenvalue weighted by Gasteiger charge is -2.23. The van der Waals surface area contributed by atoms with E-state index in [9.17, 15) is 13.2 Å². The molecular formula is C19H19N5O3S2. The predicted octanol–water partition coefficient (Wildman–Crippen LogP) is 2.36. The van der Waals surface area contributed by atoms with Gasteiger partial charge in [0.1, 0.15) is 0 Å². The Kier molecular flexibility index (Phi) is 5.20. The minimum absolute atomic E-state index is 0.0421. The zero-order chi connectivity index (χ0) is 20.4. The largest absolute Gasteiger partial charge is 0.365 e. The molecular weight excluding hydrogens is 410 g/mol. The zero-order valence-corrected chi connectivity index (χ0v) is 17.3. The van der Waals surface area contributed by atoms with Crippen molar-refractivity contribution in [2.45, 2.75) is 11.3 Å². The molecule has 0 atom stereocenters. The van der Waals surface area contributed by atoms with E-state index in [1.807, 2.05) is 24.1 Å². The highest BCUT2D eigenvalue weighted by atomic mass is 32.2. The Morgan fingerprint density at radius 2 is 2.03 bits per heavy atom. The van der Waals surface area contributed by atoms with Gasteiger partial charge < -0.3 is 9.80 Å². The number of carbonyl (C=O) groups is 1. The number of amides is 1. The highest BCUT2D eigenvalue weighted by molar-refractivity contribution is 7.93. The van der Waals surface area contributed by atoms with Gasteiger partial charge in [-0.2, -0.15) is 0 Å². The fraction of sp³-hybridized carbons (Fsp3) is 0.211. The summed E-state index contributed by atoms with van der Waals surface area (Å²) in [4.78, 5) is 24.5. The molecule has 3 aromatic rings. The Morgan fingerprint density at radius 1 is 1.24 bits per heavy atom. The minimum atomic E-state index is -3.72. The summed E-state index contributed by atoms with van der Waals surface area (Å²) >= 11 is 1.22. The van der Waals surface area contributed by atoms with E-state index < -0.39 is 10.0 Å². The second-order valence-corrected chi connectivity index (χ2v) is 9.17. The molecule has 0 fully saturated rings. The zero-order valence-electron chi connectivity index (χ0n) is 15.6. The number of nitrogens with one attached hydrogen (secondary N) is 1. The van der Waals surface area contributed by atoms with Crippen LogP contribution in [-0.2, 0) is 21.2 Å². The molecule has 0 saturated carbocycles. The highest BCUT2D eigenvalue weighted by Gasteiger charge is 2.27. The van der Waals surface area contributed by atoms with Crippen LogP contribution < -0.4 is 14.5 Å². The van der Waals surface area contributed by atoms with Gasteiger partial charge >= 0.3 is 0 Å². The van der Waals surface area contributed by atoms with E-state index in [0.29, 0.717) is 18.1 Å². The minimum Gasteiger partial charge on any atom is -0.365 e. The average molecular weight is 430 g/mol. The summed E-state index contributed by atoms with van der Waals surface area (Å²) in [6, 6.07) is 8.54. The molecule has 10 heteroatoms. The molecule has 4 rings (SSSR count). The van der Waals surface area contributed by atoms with Crippen molar-refractivity contribution in [2.75, 3.05) is 34.7 Å². The first-order chi connectivity index (χ1) is 13.9. The summed E-state index contributed by atoms with van der Waals surface area (Å²) in [5.74, 6) is -0.0421. The summed E-state index contributed by atoms with van der Waals surface area (Å²) in [6.07, 6.45) is 5.52. The maximum Gasteiger partial charge on any atom is 0.263 e. The molecule has 0 bridgehead atoms. The van der Waals surface area contributed by atoms with Gasteiger partial charge in [0.15, 0.2) is 5.13 Å². The van der Waals surface area contributed by atoms with Crippen LogP contribution in [0.4, 0.5) is 16.5 Å². The van der Waals surface area contributed by atoms with Crippen molar-refractivity contribution in [3.63, 3.8) is 0 Å². The number of benzene rings is 1. The first-order valence-corrected chi connectivity index (χ1v) is 11.3. The molecule has 0 radical (unpaired) electrons. The Morgan fingerprint density at radius 3 is 2.76 bits per heavy atom. The fourth-order valence-corrected chi connectivity index (χ4v) is 5.07. The maximum absolute atomic E-state index is 12.8. The van der Waals surface area contributed by atoms with Crippen LogP contribution in [-0.4, -0.2) is 44.4 Å². The van der Waals surface area contributed by atoms with Crippen LogP contribution in [0.2, 0.25) is 0 Å². The van der Waals surface area contributed by atoms with Crippen molar-refractivity contribution in [2.24, 2.45) is 0 Å². The van der Waals surface area contributed by atoms with Crippen LogP contribution in [0.15, 0.2) is 59.2 Å². The van der Waals surface area contributed by atoms with Crippen molar-refractivity contribution < 1.29 is 13.2 Å². The van der Waals surface area contributed by atoms with E-state index in [0.717, 1.165) is 16.9 Å². The maximum atomic E-state index is 12.8. The van der Waals surface area contributed by atoms with E-state index >= 15 is 0 Å². The van der Waals surface area contributed by atoms with Gasteiger partial charge in [0.05, 0.1) is 11.4 Å². The SMILES string of the molecule is CN(CC(=O)N1CCc2cc(S(=O)(=O)Nc3nccs3)ccc21)c1ccncc1. The predicted molar refractivity (Wildman–Crippen MR) is 113 cm³/mol. The number of sulfonamides is 1. The molecule has 150 valence electrons. The third kappa shape index (κ3) is 4.08. The summed E-state index contributed by atoms with van der Waals surface area (Å²) in [7, 11) is -1.87. The lowest BCUT2D eigenvalue weighted by atomic mass is 10.2. The third-order valence-corrected chi connectivity index (χ3v) is 6.84. The molecule has 1 N–H and O–H groups in total. The molecule has 0 unspecified atom stereocenters. The molecule has 29 heavy (non-hydrogen) atoms. The number of hydrogen-bond donors (Lipinski definition) is 1. The van der Waals surface area contributed by atoms with Crippen LogP contribution in [0.5, 0.6) is 0 Å². The number of aromatic nitrogens is 2. The second-order valence-electron chi connectivity index (χ2n) is 6.59. The number of pyridine rings is 1. The van der Waals surface area contributed by atoms with Crippen LogP contribution in [0.3, 0.4) is 0 Å². The number of likely N-dealkylation sites (N-methyl/N-ethyl adjacent to an activating group) is 1. The molecule has 8 nitrogen and oxygen atoms in total. The second kappa shape index (κ2) is 7.80. The van der Waals surface area contributed by atoms with Crippen LogP contribution in [0.1, 0.15) is 5.56 Å². The Balaban J connectivity index is 1.50. The molecule has 0 aliphatic carbocycles. The number of nitrogens with zero attached hydrogens (tertiary/aromatic N) is 4. The van der Waals surface area contributed by atoms with E-state index in [1.54, 1.807) is 34.8 Å². The average Bonchev–Trinajstić information content (AvgIpc) is 3.37. The van der Waals surface area contributed by atoms with Gasteiger partial charge in [-0.15, -0.1) is 11.3 Å². The van der Waals surface area contributed by atoms with Crippen molar-refractivity contribution >= 4 is 43.8 Å². The van der Waals surface area contributed by atoms with E-state index in [4.69, 9.17) is 0 Å². The highest BCUT2D eigenvalue weighted by Crippen LogP contribution is 2.31. The van der Waals surface area contributed by atoms with Crippen LogP contribution in [0, 0.1) is 0 Å². The number of fused-ring (bicyclic) bond motifs is 1. The van der Waals surface area contributed by atoms with Crippen LogP contribution >= 0.6 is 11.3 Å². The smallest absolute Gasteiger partial charge is 0.263 e. The van der Waals surface area contributed by atoms with Crippen LogP contribution in [0.25, 0.3) is 0 Å². The molecule has 1 aliphatic heterocycles. The summed E-state index contributed by atoms with van der Waals surface area (Å²) < 4.78 is 27.6. The quantitative estimate of drug-likeness (QED) is 0.646. The molecule has 2 aromatic heterocycles. The molecule has 1 amide bonds. The Hall–Kier alpha value is -2.98. The molecule has 0 spiro atoms. The van der Waals surface area contributed by atoms with Crippen molar-refractivity contribution in [3.05, 3.63) is 59.9 Å². The fourth-order valence-electron chi connectivity index (χ4n) is 3.23. The molecule has 3 heterocycles. The monoisotopic (exact) mass is 429 g/mol. The van der Waals surface area contributed by atoms with Gasteiger partial charge in [0.25, 0.3) is 10.0 Å². The first-order valence-electron chi connectivity index (χ1n) is 8.91. The standard InChI is InChI=1S/C19H19N5O3S2/c1-23(15-4-7-20-8-5-15)13-18(25)24-10-6-14-12-16(2-3-17(14)24)29(26,27)22-19-21-9-11-28-19/h2-5,7-9,11-12H,6,10,13H2,1H3,(H,21,22). The molecule has 1 aliphatic rings. The number of hydrogen-bond acceptors (Lipinski definition) is 7. The lowest BCUT2D eigenvalue weighted by molar-refractivity contribution is -0.117. The van der Waals surface area contributed by atoms with E-state index in [2.05, 4.69) is 14.7 Å². The summed E-state index contributed by atoms with van der Waals surface area (Å²) in [5, 5.41) is 2.02. The van der Waals surface area contributed by atoms with Crippen molar-refractivity contribution in [3.8, 4) is 0 Å². The molecule has 0 saturated heterocycles. The first kappa shape index (κ1) is 19.3. The van der Waals surface area contributed by atoms with Crippen molar-refractivity contribution in [1.29, 1.82) is 0 Å². The van der Waals surface area contributed by atoms with Gasteiger partial charge in [-0.05, 0) is 42.3 Å². The van der Waals surface area contributed by atoms with Crippen molar-refractivity contribution in [1.82, 2.24) is 9.97 Å². The third-order valence-electron chi connectivity index (χ3n) is 4.69. The van der Waals surface area contributed by atoms with Gasteiger partial charge in [0.2, 0.25) is 5.91 Å². The Labute approximate surface area is 172 Å². The summed E-state index contributed by atoms with van der Waals surface area (Å²) in [6.45, 7) is 0.747.